The van der Waals surface area contributed by atoms with Gasteiger partial charge in [0.15, 0.2) is 0 Å². The summed E-state index contributed by atoms with van der Waals surface area (Å²) in [6, 6.07) is 3.90. The minimum atomic E-state index is -0.533. The number of hydrogen-bond acceptors (Lipinski definition) is 5. The molecule has 30 heavy (non-hydrogen) atoms. The van der Waals surface area contributed by atoms with E-state index >= 15 is 0 Å². The Hall–Kier alpha value is -2.19. The molecular weight excluding hydrogens is 402 g/mol. The summed E-state index contributed by atoms with van der Waals surface area (Å²) in [4.78, 5) is 43.2. The van der Waals surface area contributed by atoms with Crippen LogP contribution in [0.25, 0.3) is 0 Å². The minimum Gasteiger partial charge on any atom is -0.385 e. The topological polar surface area (TPSA) is 79.0 Å². The van der Waals surface area contributed by atoms with Gasteiger partial charge >= 0.3 is 0 Å². The number of rotatable bonds is 11. The van der Waals surface area contributed by atoms with Gasteiger partial charge in [0.1, 0.15) is 0 Å². The molecule has 0 aliphatic carbocycles. The summed E-state index contributed by atoms with van der Waals surface area (Å²) in [5.74, 6) is -0.849. The third kappa shape index (κ3) is 6.15. The van der Waals surface area contributed by atoms with Gasteiger partial charge in [0.2, 0.25) is 11.8 Å². The van der Waals surface area contributed by atoms with Crippen molar-refractivity contribution in [3.63, 3.8) is 0 Å². The van der Waals surface area contributed by atoms with E-state index in [-0.39, 0.29) is 24.1 Å². The third-order valence-corrected chi connectivity index (χ3v) is 6.29. The van der Waals surface area contributed by atoms with E-state index in [0.717, 1.165) is 4.88 Å². The number of ether oxygens (including phenoxy) is 1. The summed E-state index contributed by atoms with van der Waals surface area (Å²) in [6.07, 6.45) is 1.05. The molecule has 1 atom stereocenters. The van der Waals surface area contributed by atoms with Crippen LogP contribution in [0.1, 0.15) is 44.9 Å². The van der Waals surface area contributed by atoms with Gasteiger partial charge in [0, 0.05) is 55.9 Å². The Kier molecular flexibility index (Phi) is 9.52. The van der Waals surface area contributed by atoms with Crippen LogP contribution in [-0.2, 0) is 25.7 Å². The number of nitrogens with one attached hydrogen (secondary N) is 1. The Bertz CT molecular complexity index is 756. The Labute approximate surface area is 183 Å². The molecule has 1 N–H and O–H groups in total. The highest BCUT2D eigenvalue weighted by Gasteiger charge is 2.37. The van der Waals surface area contributed by atoms with Gasteiger partial charge in [0.25, 0.3) is 5.91 Å². The molecule has 166 valence electrons. The van der Waals surface area contributed by atoms with Gasteiger partial charge in [-0.1, -0.05) is 6.07 Å². The van der Waals surface area contributed by atoms with Crippen molar-refractivity contribution < 1.29 is 19.1 Å². The van der Waals surface area contributed by atoms with E-state index in [1.807, 2.05) is 38.3 Å². The maximum absolute atomic E-state index is 13.1. The quantitative estimate of drug-likeness (QED) is 0.542. The molecule has 3 amide bonds. The van der Waals surface area contributed by atoms with E-state index in [1.54, 1.807) is 28.2 Å². The predicted octanol–water partition coefficient (Wildman–Crippen LogP) is 2.78. The number of amides is 3. The van der Waals surface area contributed by atoms with Crippen LogP contribution in [0.4, 0.5) is 0 Å². The van der Waals surface area contributed by atoms with E-state index < -0.39 is 5.92 Å². The van der Waals surface area contributed by atoms with Crippen LogP contribution in [0.15, 0.2) is 28.8 Å². The van der Waals surface area contributed by atoms with Crippen LogP contribution in [0.2, 0.25) is 0 Å². The Morgan fingerprint density at radius 2 is 2.07 bits per heavy atom. The molecule has 1 aliphatic heterocycles. The van der Waals surface area contributed by atoms with Crippen LogP contribution < -0.4 is 5.32 Å². The molecule has 0 bridgehead atoms. The average molecular weight is 436 g/mol. The first-order valence-electron chi connectivity index (χ1n) is 10.5. The minimum absolute atomic E-state index is 0.0502. The fourth-order valence-corrected chi connectivity index (χ4v) is 4.32. The van der Waals surface area contributed by atoms with Gasteiger partial charge in [-0.3, -0.25) is 14.4 Å². The second-order valence-corrected chi connectivity index (χ2v) is 8.37. The number of nitrogens with zero attached hydrogens (tertiary/aromatic N) is 2. The first-order valence-corrected chi connectivity index (χ1v) is 11.4. The second kappa shape index (κ2) is 11.9. The summed E-state index contributed by atoms with van der Waals surface area (Å²) >= 11 is 1.58. The van der Waals surface area contributed by atoms with Crippen LogP contribution in [0.5, 0.6) is 0 Å². The zero-order valence-electron chi connectivity index (χ0n) is 18.4. The maximum atomic E-state index is 13.1. The summed E-state index contributed by atoms with van der Waals surface area (Å²) in [6.45, 7) is 8.38. The lowest BCUT2D eigenvalue weighted by atomic mass is 9.88. The Morgan fingerprint density at radius 1 is 1.33 bits per heavy atom. The zero-order chi connectivity index (χ0) is 22.1. The Morgan fingerprint density at radius 3 is 2.67 bits per heavy atom. The highest BCUT2D eigenvalue weighted by atomic mass is 32.1. The van der Waals surface area contributed by atoms with Crippen molar-refractivity contribution in [2.24, 2.45) is 5.92 Å². The highest BCUT2D eigenvalue weighted by molar-refractivity contribution is 7.09. The summed E-state index contributed by atoms with van der Waals surface area (Å²) in [7, 11) is 1.62. The van der Waals surface area contributed by atoms with Crippen molar-refractivity contribution in [2.75, 3.05) is 33.4 Å². The maximum Gasteiger partial charge on any atom is 0.251 e. The lowest BCUT2D eigenvalue weighted by Gasteiger charge is -2.36. The van der Waals surface area contributed by atoms with E-state index in [0.29, 0.717) is 56.9 Å². The number of likely N-dealkylation sites (N-methyl/N-ethyl adjacent to an activating group) is 1. The number of allylic oxidation sites excluding steroid dienone is 1. The molecule has 2 rings (SSSR count). The molecule has 1 aromatic heterocycles. The SMILES string of the molecule is CCN(CC)C(=O)C1=C(C)N(CCCOC)C(=O)C(CC(=O)NCc2cccs2)C1. The molecular formula is C22H33N3O4S. The summed E-state index contributed by atoms with van der Waals surface area (Å²) < 4.78 is 5.12. The van der Waals surface area contributed by atoms with Crippen molar-refractivity contribution in [1.82, 2.24) is 15.1 Å². The van der Waals surface area contributed by atoms with E-state index in [4.69, 9.17) is 4.74 Å². The number of hydrogen-bond donors (Lipinski definition) is 1. The summed E-state index contributed by atoms with van der Waals surface area (Å²) in [5.41, 5.74) is 1.33. The lowest BCUT2D eigenvalue weighted by Crippen LogP contribution is -2.45. The fraction of sp³-hybridized carbons (Fsp3) is 0.591. The molecule has 0 aromatic carbocycles. The normalized spacial score (nSPS) is 16.7. The van der Waals surface area contributed by atoms with Crippen LogP contribution >= 0.6 is 11.3 Å². The molecule has 0 saturated heterocycles. The van der Waals surface area contributed by atoms with Crippen LogP contribution in [-0.4, -0.2) is 60.9 Å². The fourth-order valence-electron chi connectivity index (χ4n) is 3.67. The van der Waals surface area contributed by atoms with Gasteiger partial charge < -0.3 is 19.9 Å². The number of thiophene rings is 1. The van der Waals surface area contributed by atoms with Crippen molar-refractivity contribution in [3.8, 4) is 0 Å². The summed E-state index contributed by atoms with van der Waals surface area (Å²) in [5, 5.41) is 4.85. The van der Waals surface area contributed by atoms with Crippen molar-refractivity contribution in [2.45, 2.75) is 46.6 Å². The van der Waals surface area contributed by atoms with Crippen LogP contribution in [0.3, 0.4) is 0 Å². The number of methoxy groups -OCH3 is 1. The van der Waals surface area contributed by atoms with Gasteiger partial charge in [-0.05, 0) is 45.1 Å². The molecule has 0 fully saturated rings. The first kappa shape index (κ1) is 24.1. The van der Waals surface area contributed by atoms with Gasteiger partial charge in [-0.2, -0.15) is 0 Å². The van der Waals surface area contributed by atoms with E-state index in [2.05, 4.69) is 5.32 Å². The predicted molar refractivity (Wildman–Crippen MR) is 118 cm³/mol. The Balaban J connectivity index is 2.16. The largest absolute Gasteiger partial charge is 0.385 e. The first-order chi connectivity index (χ1) is 14.4. The van der Waals surface area contributed by atoms with Crippen molar-refractivity contribution in [3.05, 3.63) is 33.7 Å². The molecule has 1 aliphatic rings. The number of carbonyl (C=O) groups excluding carboxylic acids is 3. The second-order valence-electron chi connectivity index (χ2n) is 7.34. The molecule has 2 heterocycles. The molecule has 7 nitrogen and oxygen atoms in total. The molecule has 1 aromatic rings. The van der Waals surface area contributed by atoms with Gasteiger partial charge in [-0.25, -0.2) is 0 Å². The molecule has 0 spiro atoms. The lowest BCUT2D eigenvalue weighted by molar-refractivity contribution is -0.138. The van der Waals surface area contributed by atoms with Gasteiger partial charge in [0.05, 0.1) is 12.5 Å². The van der Waals surface area contributed by atoms with Crippen molar-refractivity contribution >= 4 is 29.1 Å². The zero-order valence-corrected chi connectivity index (χ0v) is 19.2. The average Bonchev–Trinajstić information content (AvgIpc) is 3.25. The highest BCUT2D eigenvalue weighted by Crippen LogP contribution is 2.31. The third-order valence-electron chi connectivity index (χ3n) is 5.42. The van der Waals surface area contributed by atoms with Gasteiger partial charge in [-0.15, -0.1) is 11.3 Å². The van der Waals surface area contributed by atoms with Crippen LogP contribution in [0, 0.1) is 5.92 Å². The molecule has 0 saturated carbocycles. The molecule has 1 unspecified atom stereocenters. The van der Waals surface area contributed by atoms with Crippen molar-refractivity contribution in [1.29, 1.82) is 0 Å². The molecule has 8 heteroatoms. The standard InChI is InChI=1S/C22H33N3O4S/c1-5-24(6-2)22(28)19-13-17(14-20(26)23-15-18-9-7-12-30-18)21(27)25(16(19)3)10-8-11-29-4/h7,9,12,17H,5-6,8,10-11,13-15H2,1-4H3,(H,23,26). The molecule has 0 radical (unpaired) electrons. The monoisotopic (exact) mass is 435 g/mol. The van der Waals surface area contributed by atoms with E-state index in [1.165, 1.54) is 0 Å². The number of carbonyl (C=O) groups is 3. The smallest absolute Gasteiger partial charge is 0.251 e. The van der Waals surface area contributed by atoms with E-state index in [9.17, 15) is 14.4 Å².